The SMILES string of the molecule is C=C1N(C(C)C)C(=O)OC12CCN(Cc1ccccc1)CC2. The lowest BCUT2D eigenvalue weighted by Crippen LogP contribution is -2.45. The Morgan fingerprint density at radius 1 is 1.23 bits per heavy atom. The van der Waals surface area contributed by atoms with E-state index in [-0.39, 0.29) is 12.1 Å². The van der Waals surface area contributed by atoms with Crippen molar-refractivity contribution in [2.75, 3.05) is 13.1 Å². The molecule has 0 radical (unpaired) electrons. The molecular weight excluding hydrogens is 276 g/mol. The first-order valence-corrected chi connectivity index (χ1v) is 8.00. The van der Waals surface area contributed by atoms with Crippen molar-refractivity contribution in [1.82, 2.24) is 9.80 Å². The minimum absolute atomic E-state index is 0.0988. The highest BCUT2D eigenvalue weighted by Crippen LogP contribution is 2.41. The van der Waals surface area contributed by atoms with Crippen LogP contribution in [0.2, 0.25) is 0 Å². The zero-order chi connectivity index (χ0) is 15.7. The summed E-state index contributed by atoms with van der Waals surface area (Å²) in [5.41, 5.74) is 1.69. The smallest absolute Gasteiger partial charge is 0.415 e. The number of rotatable bonds is 3. The number of ether oxygens (including phenoxy) is 1. The minimum Gasteiger partial charge on any atom is -0.436 e. The number of hydrogen-bond acceptors (Lipinski definition) is 3. The maximum absolute atomic E-state index is 12.1. The molecule has 2 aliphatic rings. The molecular formula is C18H24N2O2. The van der Waals surface area contributed by atoms with Crippen LogP contribution in [-0.4, -0.2) is 40.6 Å². The summed E-state index contributed by atoms with van der Waals surface area (Å²) in [7, 11) is 0. The van der Waals surface area contributed by atoms with Gasteiger partial charge in [-0.2, -0.15) is 0 Å². The van der Waals surface area contributed by atoms with E-state index in [4.69, 9.17) is 4.74 Å². The van der Waals surface area contributed by atoms with Crippen LogP contribution >= 0.6 is 0 Å². The molecule has 2 fully saturated rings. The number of carbonyl (C=O) groups is 1. The van der Waals surface area contributed by atoms with E-state index in [1.807, 2.05) is 19.9 Å². The van der Waals surface area contributed by atoms with Gasteiger partial charge in [0.25, 0.3) is 0 Å². The fourth-order valence-corrected chi connectivity index (χ4v) is 3.43. The largest absolute Gasteiger partial charge is 0.436 e. The van der Waals surface area contributed by atoms with Crippen molar-refractivity contribution in [3.05, 3.63) is 48.2 Å². The molecule has 1 aromatic rings. The first-order chi connectivity index (χ1) is 10.5. The normalized spacial score (nSPS) is 21.7. The molecule has 0 unspecified atom stereocenters. The third-order valence-corrected chi connectivity index (χ3v) is 4.73. The summed E-state index contributed by atoms with van der Waals surface area (Å²) in [5.74, 6) is 0. The number of hydrogen-bond donors (Lipinski definition) is 0. The Bertz CT molecular complexity index is 560. The van der Waals surface area contributed by atoms with E-state index < -0.39 is 5.60 Å². The van der Waals surface area contributed by atoms with E-state index in [1.165, 1.54) is 5.56 Å². The topological polar surface area (TPSA) is 32.8 Å². The monoisotopic (exact) mass is 300 g/mol. The first kappa shape index (κ1) is 15.1. The Kier molecular flexibility index (Phi) is 3.96. The van der Waals surface area contributed by atoms with Gasteiger partial charge in [-0.3, -0.25) is 9.80 Å². The molecule has 0 atom stereocenters. The Morgan fingerprint density at radius 2 is 1.86 bits per heavy atom. The second-order valence-electron chi connectivity index (χ2n) is 6.53. The molecule has 4 nitrogen and oxygen atoms in total. The van der Waals surface area contributed by atoms with Crippen LogP contribution in [0.25, 0.3) is 0 Å². The van der Waals surface area contributed by atoms with Crippen LogP contribution in [-0.2, 0) is 11.3 Å². The summed E-state index contributed by atoms with van der Waals surface area (Å²) in [6.07, 6.45) is 1.41. The van der Waals surface area contributed by atoms with E-state index in [0.717, 1.165) is 38.2 Å². The van der Waals surface area contributed by atoms with Crippen molar-refractivity contribution in [1.29, 1.82) is 0 Å². The van der Waals surface area contributed by atoms with Crippen LogP contribution in [0.5, 0.6) is 0 Å². The molecule has 0 aliphatic carbocycles. The van der Waals surface area contributed by atoms with E-state index in [1.54, 1.807) is 4.90 Å². The van der Waals surface area contributed by atoms with Crippen molar-refractivity contribution < 1.29 is 9.53 Å². The summed E-state index contributed by atoms with van der Waals surface area (Å²) in [5, 5.41) is 0. The van der Waals surface area contributed by atoms with E-state index in [0.29, 0.717) is 0 Å². The lowest BCUT2D eigenvalue weighted by Gasteiger charge is -2.38. The van der Waals surface area contributed by atoms with Crippen LogP contribution in [0, 0.1) is 0 Å². The Labute approximate surface area is 132 Å². The summed E-state index contributed by atoms with van der Waals surface area (Å²) in [6, 6.07) is 10.6. The molecule has 2 saturated heterocycles. The molecule has 2 heterocycles. The van der Waals surface area contributed by atoms with Gasteiger partial charge in [0.05, 0.1) is 5.70 Å². The maximum Gasteiger partial charge on any atom is 0.415 e. The molecule has 0 bridgehead atoms. The van der Waals surface area contributed by atoms with Gasteiger partial charge in [0.15, 0.2) is 5.60 Å². The number of benzene rings is 1. The molecule has 0 aromatic heterocycles. The van der Waals surface area contributed by atoms with Gasteiger partial charge in [-0.1, -0.05) is 36.9 Å². The highest BCUT2D eigenvalue weighted by atomic mass is 16.6. The van der Waals surface area contributed by atoms with Gasteiger partial charge >= 0.3 is 6.09 Å². The Morgan fingerprint density at radius 3 is 2.41 bits per heavy atom. The van der Waals surface area contributed by atoms with E-state index in [2.05, 4.69) is 35.7 Å². The lowest BCUT2D eigenvalue weighted by molar-refractivity contribution is 0.0127. The summed E-state index contributed by atoms with van der Waals surface area (Å²) < 4.78 is 5.74. The number of carbonyl (C=O) groups excluding carboxylic acids is 1. The predicted molar refractivity (Wildman–Crippen MR) is 86.3 cm³/mol. The fourth-order valence-electron chi connectivity index (χ4n) is 3.43. The van der Waals surface area contributed by atoms with Gasteiger partial charge in [-0.25, -0.2) is 4.79 Å². The molecule has 22 heavy (non-hydrogen) atoms. The molecule has 1 spiro atoms. The summed E-state index contributed by atoms with van der Waals surface area (Å²) in [4.78, 5) is 16.2. The van der Waals surface area contributed by atoms with Crippen LogP contribution in [0.3, 0.4) is 0 Å². The molecule has 0 N–H and O–H groups in total. The molecule has 118 valence electrons. The minimum atomic E-state index is -0.478. The standard InChI is InChI=1S/C18H24N2O2/c1-14(2)20-15(3)18(22-17(20)21)9-11-19(12-10-18)13-16-7-5-4-6-8-16/h4-8,14H,3,9-13H2,1-2H3. The van der Waals surface area contributed by atoms with Crippen molar-refractivity contribution in [2.45, 2.75) is 44.9 Å². The van der Waals surface area contributed by atoms with Crippen molar-refractivity contribution >= 4 is 6.09 Å². The van der Waals surface area contributed by atoms with Gasteiger partial charge < -0.3 is 4.74 Å². The molecule has 0 saturated carbocycles. The third-order valence-electron chi connectivity index (χ3n) is 4.73. The van der Waals surface area contributed by atoms with Gasteiger partial charge in [0, 0.05) is 38.5 Å². The van der Waals surface area contributed by atoms with E-state index in [9.17, 15) is 4.79 Å². The quantitative estimate of drug-likeness (QED) is 0.857. The van der Waals surface area contributed by atoms with Crippen LogP contribution in [0.15, 0.2) is 42.6 Å². The van der Waals surface area contributed by atoms with E-state index >= 15 is 0 Å². The number of nitrogens with zero attached hydrogens (tertiary/aromatic N) is 2. The summed E-state index contributed by atoms with van der Waals surface area (Å²) in [6.45, 7) is 10.9. The number of likely N-dealkylation sites (tertiary alicyclic amines) is 1. The second kappa shape index (κ2) is 5.76. The van der Waals surface area contributed by atoms with Gasteiger partial charge in [-0.15, -0.1) is 0 Å². The van der Waals surface area contributed by atoms with Crippen LogP contribution < -0.4 is 0 Å². The van der Waals surface area contributed by atoms with Gasteiger partial charge in [0.1, 0.15) is 0 Å². The fraction of sp³-hybridized carbons (Fsp3) is 0.500. The van der Waals surface area contributed by atoms with Gasteiger partial charge in [0.2, 0.25) is 0 Å². The molecule has 1 aromatic carbocycles. The maximum atomic E-state index is 12.1. The van der Waals surface area contributed by atoms with Crippen LogP contribution in [0.1, 0.15) is 32.3 Å². The van der Waals surface area contributed by atoms with Crippen molar-refractivity contribution in [2.24, 2.45) is 0 Å². The zero-order valence-electron chi connectivity index (χ0n) is 13.4. The Balaban J connectivity index is 1.64. The van der Waals surface area contributed by atoms with Crippen molar-refractivity contribution in [3.8, 4) is 0 Å². The van der Waals surface area contributed by atoms with Crippen LogP contribution in [0.4, 0.5) is 4.79 Å². The number of piperidine rings is 1. The average molecular weight is 300 g/mol. The summed E-state index contributed by atoms with van der Waals surface area (Å²) >= 11 is 0. The Hall–Kier alpha value is -1.81. The molecule has 2 aliphatic heterocycles. The zero-order valence-corrected chi connectivity index (χ0v) is 13.4. The predicted octanol–water partition coefficient (Wildman–Crippen LogP) is 3.40. The molecule has 1 amide bonds. The molecule has 3 rings (SSSR count). The highest BCUT2D eigenvalue weighted by Gasteiger charge is 2.50. The highest BCUT2D eigenvalue weighted by molar-refractivity contribution is 5.75. The number of amides is 1. The lowest BCUT2D eigenvalue weighted by atomic mass is 9.88. The average Bonchev–Trinajstić information content (AvgIpc) is 2.74. The van der Waals surface area contributed by atoms with Gasteiger partial charge in [-0.05, 0) is 19.4 Å². The first-order valence-electron chi connectivity index (χ1n) is 8.00. The van der Waals surface area contributed by atoms with Crippen molar-refractivity contribution in [3.63, 3.8) is 0 Å². The molecule has 4 heteroatoms. The third kappa shape index (κ3) is 2.63. The second-order valence-corrected chi connectivity index (χ2v) is 6.53.